The fraction of sp³-hybridized carbons (Fsp3) is 0.167. The number of rotatable bonds is 6. The summed E-state index contributed by atoms with van der Waals surface area (Å²) >= 11 is 28.4. The number of amides is 1. The first-order valence-electron chi connectivity index (χ1n) is 9.78. The molecule has 1 amide bonds. The first-order valence-corrected chi connectivity index (χ1v) is 12.1. The second-order valence-corrected chi connectivity index (χ2v) is 11.4. The molecule has 3 nitrogen and oxygen atoms in total. The van der Waals surface area contributed by atoms with Gasteiger partial charge in [-0.2, -0.15) is 0 Å². The molecule has 33 heavy (non-hydrogen) atoms. The van der Waals surface area contributed by atoms with Crippen molar-refractivity contribution in [1.82, 2.24) is 0 Å². The highest BCUT2D eigenvalue weighted by molar-refractivity contribution is 9.10. The zero-order chi connectivity index (χ0) is 23.9. The van der Waals surface area contributed by atoms with Crippen molar-refractivity contribution >= 4 is 79.7 Å². The molecule has 1 fully saturated rings. The van der Waals surface area contributed by atoms with E-state index >= 15 is 0 Å². The van der Waals surface area contributed by atoms with Crippen LogP contribution in [0.2, 0.25) is 15.1 Å². The van der Waals surface area contributed by atoms with Crippen LogP contribution in [-0.2, 0) is 11.2 Å². The van der Waals surface area contributed by atoms with Crippen molar-refractivity contribution in [3.05, 3.63) is 98.2 Å². The van der Waals surface area contributed by atoms with Crippen molar-refractivity contribution in [3.8, 4) is 0 Å². The Morgan fingerprint density at radius 1 is 0.970 bits per heavy atom. The van der Waals surface area contributed by atoms with E-state index in [1.54, 1.807) is 24.3 Å². The predicted octanol–water partition coefficient (Wildman–Crippen LogP) is 7.89. The molecule has 0 radical (unpaired) electrons. The van der Waals surface area contributed by atoms with E-state index in [0.29, 0.717) is 21.3 Å². The molecule has 0 spiro atoms. The minimum absolute atomic E-state index is 0.0455. The number of ketones is 1. The van der Waals surface area contributed by atoms with Gasteiger partial charge in [0.05, 0.1) is 10.9 Å². The fourth-order valence-corrected chi connectivity index (χ4v) is 5.79. The van der Waals surface area contributed by atoms with Gasteiger partial charge in [-0.25, -0.2) is 4.39 Å². The second-order valence-electron chi connectivity index (χ2n) is 7.74. The second kappa shape index (κ2) is 9.55. The van der Waals surface area contributed by atoms with Crippen molar-refractivity contribution in [2.75, 3.05) is 5.32 Å². The summed E-state index contributed by atoms with van der Waals surface area (Å²) in [5.74, 6) is -1.91. The molecule has 0 aromatic heterocycles. The Labute approximate surface area is 218 Å². The Morgan fingerprint density at radius 3 is 2.24 bits per heavy atom. The van der Waals surface area contributed by atoms with E-state index in [9.17, 15) is 14.0 Å². The molecule has 3 atom stereocenters. The highest BCUT2D eigenvalue weighted by Gasteiger charge is 2.67. The van der Waals surface area contributed by atoms with Crippen LogP contribution in [0.3, 0.4) is 0 Å². The summed E-state index contributed by atoms with van der Waals surface area (Å²) in [7, 11) is 0. The topological polar surface area (TPSA) is 46.2 Å². The molecule has 0 aliphatic heterocycles. The Hall–Kier alpha value is -1.63. The van der Waals surface area contributed by atoms with Crippen LogP contribution < -0.4 is 5.32 Å². The van der Waals surface area contributed by atoms with E-state index in [1.165, 1.54) is 36.4 Å². The Bertz CT molecular complexity index is 1230. The highest BCUT2D eigenvalue weighted by Crippen LogP contribution is 2.66. The number of nitrogens with one attached hydrogen (secondary N) is 1. The van der Waals surface area contributed by atoms with Crippen molar-refractivity contribution in [3.63, 3.8) is 0 Å². The number of halogens is 6. The van der Waals surface area contributed by atoms with Crippen LogP contribution in [0, 0.1) is 11.7 Å². The number of carbonyl (C=O) groups excluding carboxylic acids is 2. The minimum atomic E-state index is -0.987. The maximum atomic E-state index is 13.1. The smallest absolute Gasteiger partial charge is 0.230 e. The Morgan fingerprint density at radius 2 is 1.61 bits per heavy atom. The maximum Gasteiger partial charge on any atom is 0.230 e. The molecular weight excluding hydrogens is 575 g/mol. The van der Waals surface area contributed by atoms with Crippen LogP contribution in [0.4, 0.5) is 10.1 Å². The van der Waals surface area contributed by atoms with E-state index < -0.39 is 9.70 Å². The predicted molar refractivity (Wildman–Crippen MR) is 135 cm³/mol. The van der Waals surface area contributed by atoms with Crippen molar-refractivity contribution in [2.45, 2.75) is 16.1 Å². The van der Waals surface area contributed by atoms with Crippen LogP contribution in [0.15, 0.2) is 60.7 Å². The molecule has 1 saturated carbocycles. The monoisotopic (exact) mass is 587 g/mol. The number of hydrogen-bond donors (Lipinski definition) is 1. The summed E-state index contributed by atoms with van der Waals surface area (Å²) in [6.07, 6.45) is 0.0455. The Kier molecular flexibility index (Phi) is 7.09. The van der Waals surface area contributed by atoms with E-state index in [-0.39, 0.29) is 40.4 Å². The van der Waals surface area contributed by atoms with Crippen molar-refractivity contribution in [2.24, 2.45) is 5.92 Å². The summed E-state index contributed by atoms with van der Waals surface area (Å²) in [5, 5.41) is 3.96. The average molecular weight is 590 g/mol. The number of hydrogen-bond acceptors (Lipinski definition) is 2. The molecule has 1 aliphatic rings. The number of alkyl halides is 2. The van der Waals surface area contributed by atoms with Crippen LogP contribution >= 0.6 is 62.3 Å². The number of Topliss-reactive ketones (excluding diaryl/α,β-unsaturated/α-hetero) is 1. The zero-order valence-electron chi connectivity index (χ0n) is 16.7. The molecule has 3 aromatic rings. The molecule has 9 heteroatoms. The largest absolute Gasteiger partial charge is 0.326 e. The van der Waals surface area contributed by atoms with Gasteiger partial charge in [-0.15, -0.1) is 11.6 Å². The summed E-state index contributed by atoms with van der Waals surface area (Å²) in [6, 6.07) is 15.4. The molecule has 0 heterocycles. The lowest BCUT2D eigenvalue weighted by Crippen LogP contribution is -2.17. The lowest BCUT2D eigenvalue weighted by molar-refractivity contribution is -0.117. The third-order valence-electron chi connectivity index (χ3n) is 5.39. The lowest BCUT2D eigenvalue weighted by Gasteiger charge is -2.09. The first-order chi connectivity index (χ1) is 15.6. The van der Waals surface area contributed by atoms with Gasteiger partial charge in [0.2, 0.25) is 5.91 Å². The third kappa shape index (κ3) is 5.39. The van der Waals surface area contributed by atoms with Crippen molar-refractivity contribution in [1.29, 1.82) is 0 Å². The van der Waals surface area contributed by atoms with Gasteiger partial charge in [0, 0.05) is 33.6 Å². The summed E-state index contributed by atoms with van der Waals surface area (Å²) in [6.45, 7) is 0. The molecule has 170 valence electrons. The normalized spacial score (nSPS) is 21.5. The minimum Gasteiger partial charge on any atom is -0.326 e. The molecule has 3 aromatic carbocycles. The van der Waals surface area contributed by atoms with E-state index in [2.05, 4.69) is 21.2 Å². The summed E-state index contributed by atoms with van der Waals surface area (Å²) < 4.78 is 12.1. The van der Waals surface area contributed by atoms with Gasteiger partial charge in [0.1, 0.15) is 9.60 Å². The van der Waals surface area contributed by atoms with Gasteiger partial charge in [-0.3, -0.25) is 9.59 Å². The van der Waals surface area contributed by atoms with Gasteiger partial charge in [-0.05, 0) is 59.7 Å². The van der Waals surface area contributed by atoms with Crippen LogP contribution in [-0.4, -0.2) is 15.5 Å². The van der Waals surface area contributed by atoms with Gasteiger partial charge in [0.25, 0.3) is 0 Å². The summed E-state index contributed by atoms with van der Waals surface area (Å²) in [5.41, 5.74) is 2.05. The van der Waals surface area contributed by atoms with Crippen LogP contribution in [0.5, 0.6) is 0 Å². The Balaban J connectivity index is 1.50. The molecule has 3 unspecified atom stereocenters. The van der Waals surface area contributed by atoms with Crippen molar-refractivity contribution < 1.29 is 14.0 Å². The molecule has 1 N–H and O–H groups in total. The molecular formula is C24H15BrCl4FNO2. The lowest BCUT2D eigenvalue weighted by atomic mass is 10.0. The molecule has 1 aliphatic carbocycles. The average Bonchev–Trinajstić information content (AvgIpc) is 3.32. The number of anilines is 1. The van der Waals surface area contributed by atoms with E-state index in [4.69, 9.17) is 46.4 Å². The van der Waals surface area contributed by atoms with Crippen LogP contribution in [0.25, 0.3) is 0 Å². The van der Waals surface area contributed by atoms with Gasteiger partial charge >= 0.3 is 0 Å². The first kappa shape index (κ1) is 24.5. The summed E-state index contributed by atoms with van der Waals surface area (Å²) in [4.78, 5) is 25.8. The van der Waals surface area contributed by atoms with Crippen LogP contribution in [0.1, 0.15) is 27.4 Å². The molecule has 0 bridgehead atoms. The van der Waals surface area contributed by atoms with E-state index in [1.807, 2.05) is 0 Å². The van der Waals surface area contributed by atoms with Gasteiger partial charge in [0.15, 0.2) is 5.78 Å². The zero-order valence-corrected chi connectivity index (χ0v) is 21.3. The highest BCUT2D eigenvalue weighted by atomic mass is 79.9. The molecule has 4 rings (SSSR count). The van der Waals surface area contributed by atoms with Gasteiger partial charge in [-0.1, -0.05) is 62.9 Å². The molecule has 0 saturated heterocycles. The standard InChI is InChI=1S/C24H15BrCl4FNO2/c25-24(29)21(13-8-14(26)10-15(27)9-13)22(24)23(33)31-17-5-6-19(28)18(11-17)20(32)7-12-1-3-16(30)4-2-12/h1-6,8-11,21-22H,7H2,(H,31,33). The third-order valence-corrected chi connectivity index (χ3v) is 7.61. The number of benzene rings is 3. The SMILES string of the molecule is O=C(Cc1ccc(F)cc1)c1cc(NC(=O)C2C(c3cc(Cl)cc(Cl)c3)C2(Cl)Br)ccc1Cl. The van der Waals surface area contributed by atoms with E-state index in [0.717, 1.165) is 5.56 Å². The maximum absolute atomic E-state index is 13.1. The quantitative estimate of drug-likeness (QED) is 0.235. The van der Waals surface area contributed by atoms with Gasteiger partial charge < -0.3 is 5.32 Å². The fourth-order valence-electron chi connectivity index (χ4n) is 3.74. The number of carbonyl (C=O) groups is 2.